The molecule has 114 valence electrons. The monoisotopic (exact) mass is 373 g/mol. The number of fused-ring (bicyclic) bond motifs is 1. The number of sulfonamides is 1. The molecule has 0 bridgehead atoms. The highest BCUT2D eigenvalue weighted by atomic mass is 35.5. The molecule has 0 unspecified atom stereocenters. The number of phenols is 1. The summed E-state index contributed by atoms with van der Waals surface area (Å²) >= 11 is 12.7. The van der Waals surface area contributed by atoms with Crippen LogP contribution >= 0.6 is 34.5 Å². The molecule has 1 aromatic heterocycles. The van der Waals surface area contributed by atoms with E-state index in [4.69, 9.17) is 23.2 Å². The van der Waals surface area contributed by atoms with Crippen molar-refractivity contribution in [1.82, 2.24) is 0 Å². The number of benzene rings is 2. The number of aromatic hydroxyl groups is 1. The third-order valence-corrected chi connectivity index (χ3v) is 6.40. The van der Waals surface area contributed by atoms with Crippen LogP contribution in [-0.2, 0) is 10.0 Å². The van der Waals surface area contributed by atoms with Crippen LogP contribution in [0, 0.1) is 0 Å². The van der Waals surface area contributed by atoms with Crippen LogP contribution in [0.25, 0.3) is 10.8 Å². The maximum absolute atomic E-state index is 12.4. The van der Waals surface area contributed by atoms with Crippen LogP contribution in [0.15, 0.2) is 46.7 Å². The summed E-state index contributed by atoms with van der Waals surface area (Å²) in [6, 6.07) is 11.2. The summed E-state index contributed by atoms with van der Waals surface area (Å²) in [4.78, 5) is 0. The zero-order valence-corrected chi connectivity index (χ0v) is 14.0. The Morgan fingerprint density at radius 3 is 2.36 bits per heavy atom. The van der Waals surface area contributed by atoms with Gasteiger partial charge < -0.3 is 5.11 Å². The first-order valence-electron chi connectivity index (χ1n) is 6.07. The third-order valence-electron chi connectivity index (χ3n) is 3.03. The molecular weight excluding hydrogens is 365 g/mol. The van der Waals surface area contributed by atoms with Gasteiger partial charge in [-0.2, -0.15) is 0 Å². The molecule has 1 heterocycles. The molecule has 0 saturated heterocycles. The SMILES string of the molecule is O=S(=O)(Nc1cc(Cl)c(O)c2ccccc12)c1ccc(Cl)s1. The minimum absolute atomic E-state index is 0.0700. The maximum Gasteiger partial charge on any atom is 0.271 e. The second-order valence-electron chi connectivity index (χ2n) is 4.46. The van der Waals surface area contributed by atoms with E-state index in [1.54, 1.807) is 24.3 Å². The molecule has 0 saturated carbocycles. The van der Waals surface area contributed by atoms with Crippen molar-refractivity contribution in [3.05, 3.63) is 51.8 Å². The predicted octanol–water partition coefficient (Wildman–Crippen LogP) is 4.71. The molecule has 3 aromatic rings. The van der Waals surface area contributed by atoms with Crippen LogP contribution in [0.1, 0.15) is 0 Å². The number of phenolic OH excluding ortho intramolecular Hbond substituents is 1. The summed E-state index contributed by atoms with van der Waals surface area (Å²) in [6.07, 6.45) is 0. The second-order valence-corrected chi connectivity index (χ2v) is 8.50. The molecule has 0 aliphatic rings. The van der Waals surface area contributed by atoms with Crippen LogP contribution in [-0.4, -0.2) is 13.5 Å². The van der Waals surface area contributed by atoms with Crippen LogP contribution in [0.3, 0.4) is 0 Å². The molecule has 0 fully saturated rings. The van der Waals surface area contributed by atoms with Crippen molar-refractivity contribution >= 4 is 61.0 Å². The van der Waals surface area contributed by atoms with E-state index in [0.29, 0.717) is 20.8 Å². The van der Waals surface area contributed by atoms with Gasteiger partial charge >= 0.3 is 0 Å². The minimum atomic E-state index is -3.77. The fraction of sp³-hybridized carbons (Fsp3) is 0. The lowest BCUT2D eigenvalue weighted by Gasteiger charge is -2.12. The highest BCUT2D eigenvalue weighted by Gasteiger charge is 2.19. The van der Waals surface area contributed by atoms with Crippen LogP contribution < -0.4 is 4.72 Å². The average molecular weight is 374 g/mol. The Labute approximate surface area is 141 Å². The zero-order valence-electron chi connectivity index (χ0n) is 10.9. The predicted molar refractivity (Wildman–Crippen MR) is 90.8 cm³/mol. The molecule has 4 nitrogen and oxygen atoms in total. The van der Waals surface area contributed by atoms with Crippen molar-refractivity contribution in [2.45, 2.75) is 4.21 Å². The lowest BCUT2D eigenvalue weighted by Crippen LogP contribution is -2.11. The Morgan fingerprint density at radius 2 is 1.73 bits per heavy atom. The second kappa shape index (κ2) is 5.62. The summed E-state index contributed by atoms with van der Waals surface area (Å²) in [5.74, 6) is -0.0839. The molecule has 0 spiro atoms. The quantitative estimate of drug-likeness (QED) is 0.653. The summed E-state index contributed by atoms with van der Waals surface area (Å²) in [5, 5.41) is 11.1. The highest BCUT2D eigenvalue weighted by Crippen LogP contribution is 2.38. The Morgan fingerprint density at radius 1 is 1.05 bits per heavy atom. The lowest BCUT2D eigenvalue weighted by atomic mass is 10.1. The van der Waals surface area contributed by atoms with Crippen LogP contribution in [0.4, 0.5) is 5.69 Å². The standard InChI is InChI=1S/C14H9Cl2NO3S2/c15-10-7-11(8-3-1-2-4-9(8)14(10)18)17-22(19,20)13-6-5-12(16)21-13/h1-7,17-18H. The van der Waals surface area contributed by atoms with Gasteiger partial charge in [0.15, 0.2) is 0 Å². The zero-order chi connectivity index (χ0) is 15.9. The van der Waals surface area contributed by atoms with Gasteiger partial charge in [0.2, 0.25) is 0 Å². The van der Waals surface area contributed by atoms with Gasteiger partial charge in [0.05, 0.1) is 15.0 Å². The van der Waals surface area contributed by atoms with Gasteiger partial charge in [-0.3, -0.25) is 4.72 Å². The number of rotatable bonds is 3. The van der Waals surface area contributed by atoms with E-state index in [9.17, 15) is 13.5 Å². The van der Waals surface area contributed by atoms with E-state index in [1.165, 1.54) is 18.2 Å². The van der Waals surface area contributed by atoms with Crippen LogP contribution in [0.2, 0.25) is 9.36 Å². The van der Waals surface area contributed by atoms with E-state index >= 15 is 0 Å². The smallest absolute Gasteiger partial charge is 0.271 e. The van der Waals surface area contributed by atoms with E-state index in [2.05, 4.69) is 4.72 Å². The van der Waals surface area contributed by atoms with Crippen molar-refractivity contribution in [1.29, 1.82) is 0 Å². The first-order chi connectivity index (χ1) is 10.4. The Balaban J connectivity index is 2.14. The van der Waals surface area contributed by atoms with Crippen molar-refractivity contribution < 1.29 is 13.5 Å². The number of nitrogens with one attached hydrogen (secondary N) is 1. The van der Waals surface area contributed by atoms with Gasteiger partial charge in [-0.25, -0.2) is 8.42 Å². The van der Waals surface area contributed by atoms with Gasteiger partial charge in [-0.05, 0) is 18.2 Å². The largest absolute Gasteiger partial charge is 0.506 e. The fourth-order valence-electron chi connectivity index (χ4n) is 2.05. The lowest BCUT2D eigenvalue weighted by molar-refractivity contribution is 0.482. The maximum atomic E-state index is 12.4. The summed E-state index contributed by atoms with van der Waals surface area (Å²) in [6.45, 7) is 0. The molecule has 0 amide bonds. The van der Waals surface area contributed by atoms with Gasteiger partial charge in [-0.15, -0.1) is 11.3 Å². The fourth-order valence-corrected chi connectivity index (χ4v) is 4.81. The Kier molecular flexibility index (Phi) is 3.94. The van der Waals surface area contributed by atoms with Gasteiger partial charge in [0, 0.05) is 10.8 Å². The van der Waals surface area contributed by atoms with E-state index in [1.807, 2.05) is 0 Å². The average Bonchev–Trinajstić information content (AvgIpc) is 2.92. The molecule has 2 N–H and O–H groups in total. The first kappa shape index (κ1) is 15.4. The van der Waals surface area contributed by atoms with Crippen molar-refractivity contribution in [3.63, 3.8) is 0 Å². The number of thiophene rings is 1. The summed E-state index contributed by atoms with van der Waals surface area (Å²) < 4.78 is 27.8. The number of hydrogen-bond donors (Lipinski definition) is 2. The van der Waals surface area contributed by atoms with Crippen molar-refractivity contribution in [3.8, 4) is 5.75 Å². The molecule has 0 aliphatic carbocycles. The van der Waals surface area contributed by atoms with Gasteiger partial charge in [0.1, 0.15) is 9.96 Å². The van der Waals surface area contributed by atoms with Gasteiger partial charge in [-0.1, -0.05) is 47.5 Å². The molecule has 0 radical (unpaired) electrons. The Bertz CT molecular complexity index is 967. The van der Waals surface area contributed by atoms with Crippen molar-refractivity contribution in [2.75, 3.05) is 4.72 Å². The molecule has 8 heteroatoms. The van der Waals surface area contributed by atoms with E-state index < -0.39 is 10.0 Å². The molecule has 0 aliphatic heterocycles. The normalized spacial score (nSPS) is 11.7. The molecule has 3 rings (SSSR count). The van der Waals surface area contributed by atoms with E-state index in [-0.39, 0.29) is 15.0 Å². The minimum Gasteiger partial charge on any atom is -0.506 e. The molecule has 2 aromatic carbocycles. The van der Waals surface area contributed by atoms with Crippen LogP contribution in [0.5, 0.6) is 5.75 Å². The number of anilines is 1. The third kappa shape index (κ3) is 2.75. The molecule has 22 heavy (non-hydrogen) atoms. The summed E-state index contributed by atoms with van der Waals surface area (Å²) in [7, 11) is -3.77. The first-order valence-corrected chi connectivity index (χ1v) is 9.12. The van der Waals surface area contributed by atoms with E-state index in [0.717, 1.165) is 11.3 Å². The number of halogens is 2. The molecule has 0 atom stereocenters. The highest BCUT2D eigenvalue weighted by molar-refractivity contribution is 7.94. The Hall–Kier alpha value is -1.47. The molecular formula is C14H9Cl2NO3S2. The number of hydrogen-bond acceptors (Lipinski definition) is 4. The summed E-state index contributed by atoms with van der Waals surface area (Å²) in [5.41, 5.74) is 0.294. The topological polar surface area (TPSA) is 66.4 Å². The van der Waals surface area contributed by atoms with Crippen molar-refractivity contribution in [2.24, 2.45) is 0 Å². The van der Waals surface area contributed by atoms with Gasteiger partial charge in [0.25, 0.3) is 10.0 Å².